The molecule has 0 fully saturated rings. The van der Waals surface area contributed by atoms with Crippen LogP contribution in [0.4, 0.5) is 18.9 Å². The van der Waals surface area contributed by atoms with Crippen molar-refractivity contribution in [2.45, 2.75) is 44.8 Å². The molecular formula is C23H25F3N4O2S. The number of ether oxygens (including phenoxy) is 1. The van der Waals surface area contributed by atoms with Gasteiger partial charge in [-0.15, -0.1) is 10.2 Å². The van der Waals surface area contributed by atoms with E-state index in [-0.39, 0.29) is 18.0 Å². The van der Waals surface area contributed by atoms with Crippen LogP contribution in [0.5, 0.6) is 5.75 Å². The summed E-state index contributed by atoms with van der Waals surface area (Å²) < 4.78 is 47.2. The second kappa shape index (κ2) is 11.2. The molecule has 6 nitrogen and oxygen atoms in total. The topological polar surface area (TPSA) is 69.0 Å². The van der Waals surface area contributed by atoms with Gasteiger partial charge in [-0.3, -0.25) is 4.79 Å². The number of amides is 1. The second-order valence-electron chi connectivity index (χ2n) is 7.71. The Labute approximate surface area is 194 Å². The fourth-order valence-electron chi connectivity index (χ4n) is 2.96. The summed E-state index contributed by atoms with van der Waals surface area (Å²) in [6.07, 6.45) is -3.68. The molecule has 0 atom stereocenters. The van der Waals surface area contributed by atoms with Crippen molar-refractivity contribution < 1.29 is 22.7 Å². The lowest BCUT2D eigenvalue weighted by atomic mass is 10.1. The van der Waals surface area contributed by atoms with Gasteiger partial charge in [-0.25, -0.2) is 0 Å². The zero-order chi connectivity index (χ0) is 23.8. The van der Waals surface area contributed by atoms with Gasteiger partial charge >= 0.3 is 6.18 Å². The molecule has 3 rings (SSSR count). The molecule has 0 saturated carbocycles. The van der Waals surface area contributed by atoms with Crippen molar-refractivity contribution in [1.29, 1.82) is 0 Å². The fourth-order valence-corrected chi connectivity index (χ4v) is 3.75. The number of alkyl halides is 3. The Morgan fingerprint density at radius 2 is 1.79 bits per heavy atom. The van der Waals surface area contributed by atoms with E-state index in [4.69, 9.17) is 4.74 Å². The first-order valence-corrected chi connectivity index (χ1v) is 11.4. The summed E-state index contributed by atoms with van der Waals surface area (Å²) in [6.45, 7) is 5.05. The Morgan fingerprint density at radius 3 is 2.48 bits per heavy atom. The quantitative estimate of drug-likeness (QED) is 0.381. The van der Waals surface area contributed by atoms with Gasteiger partial charge in [0.1, 0.15) is 12.4 Å². The Morgan fingerprint density at radius 1 is 1.09 bits per heavy atom. The maximum atomic E-state index is 13.2. The number of aromatic nitrogens is 3. The van der Waals surface area contributed by atoms with E-state index in [1.165, 1.54) is 18.2 Å². The highest BCUT2D eigenvalue weighted by Crippen LogP contribution is 2.34. The molecule has 0 spiro atoms. The minimum atomic E-state index is -4.55. The Kier molecular flexibility index (Phi) is 8.37. The number of hydrogen-bond acceptors (Lipinski definition) is 5. The summed E-state index contributed by atoms with van der Waals surface area (Å²) in [5.74, 6) is 1.09. The molecule has 176 valence electrons. The summed E-state index contributed by atoms with van der Waals surface area (Å²) >= 11 is 1.12. The lowest BCUT2D eigenvalue weighted by Gasteiger charge is -2.14. The molecule has 1 N–H and O–H groups in total. The number of hydrogen-bond donors (Lipinski definition) is 1. The number of thioether (sulfide) groups is 1. The largest absolute Gasteiger partial charge is 0.486 e. The standard InChI is InChI=1S/C23H25F3N4O2S/c1-16(2)12-13-30-20(14-32-17-8-4-3-5-9-17)28-29-22(30)33-15-21(31)27-19-11-7-6-10-18(19)23(24,25)26/h3-11,16H,12-15H2,1-2H3,(H,27,31). The third-order valence-electron chi connectivity index (χ3n) is 4.67. The lowest BCUT2D eigenvalue weighted by molar-refractivity contribution is -0.137. The number of rotatable bonds is 10. The van der Waals surface area contributed by atoms with Crippen LogP contribution in [0.3, 0.4) is 0 Å². The van der Waals surface area contributed by atoms with Crippen molar-refractivity contribution in [3.8, 4) is 5.75 Å². The SMILES string of the molecule is CC(C)CCn1c(COc2ccccc2)nnc1SCC(=O)Nc1ccccc1C(F)(F)F. The Hall–Kier alpha value is -3.01. The van der Waals surface area contributed by atoms with Gasteiger partial charge in [0.25, 0.3) is 0 Å². The van der Waals surface area contributed by atoms with E-state index < -0.39 is 17.6 Å². The normalized spacial score (nSPS) is 11.6. The molecule has 3 aromatic rings. The van der Waals surface area contributed by atoms with E-state index in [0.29, 0.717) is 29.2 Å². The van der Waals surface area contributed by atoms with Crippen LogP contribution in [0.25, 0.3) is 0 Å². The van der Waals surface area contributed by atoms with Crippen LogP contribution >= 0.6 is 11.8 Å². The van der Waals surface area contributed by atoms with E-state index in [1.54, 1.807) is 0 Å². The number of nitrogens with zero attached hydrogens (tertiary/aromatic N) is 3. The van der Waals surface area contributed by atoms with Gasteiger partial charge in [0.15, 0.2) is 11.0 Å². The van der Waals surface area contributed by atoms with Crippen molar-refractivity contribution in [1.82, 2.24) is 14.8 Å². The zero-order valence-corrected chi connectivity index (χ0v) is 19.1. The summed E-state index contributed by atoms with van der Waals surface area (Å²) in [6, 6.07) is 14.2. The van der Waals surface area contributed by atoms with E-state index in [2.05, 4.69) is 29.4 Å². The van der Waals surface area contributed by atoms with Gasteiger partial charge in [0.05, 0.1) is 17.0 Å². The molecule has 0 radical (unpaired) electrons. The average Bonchev–Trinajstić information content (AvgIpc) is 3.17. The molecule has 0 unspecified atom stereocenters. The van der Waals surface area contributed by atoms with Crippen LogP contribution in [0.2, 0.25) is 0 Å². The number of para-hydroxylation sites is 2. The monoisotopic (exact) mass is 478 g/mol. The highest BCUT2D eigenvalue weighted by Gasteiger charge is 2.33. The summed E-state index contributed by atoms with van der Waals surface area (Å²) in [5.41, 5.74) is -1.15. The highest BCUT2D eigenvalue weighted by atomic mass is 32.2. The van der Waals surface area contributed by atoms with Gasteiger partial charge in [0, 0.05) is 6.54 Å². The van der Waals surface area contributed by atoms with Gasteiger partial charge < -0.3 is 14.6 Å². The van der Waals surface area contributed by atoms with E-state index in [0.717, 1.165) is 24.2 Å². The predicted molar refractivity (Wildman–Crippen MR) is 121 cm³/mol. The minimum absolute atomic E-state index is 0.106. The number of carbonyl (C=O) groups excluding carboxylic acids is 1. The molecule has 0 aliphatic rings. The molecule has 0 aliphatic heterocycles. The summed E-state index contributed by atoms with van der Waals surface area (Å²) in [5, 5.41) is 11.2. The molecular weight excluding hydrogens is 453 g/mol. The van der Waals surface area contributed by atoms with Crippen LogP contribution in [0.15, 0.2) is 59.8 Å². The predicted octanol–water partition coefficient (Wildman–Crippen LogP) is 5.65. The number of carbonyl (C=O) groups is 1. The molecule has 2 aromatic carbocycles. The molecule has 1 heterocycles. The summed E-state index contributed by atoms with van der Waals surface area (Å²) in [7, 11) is 0. The number of anilines is 1. The van der Waals surface area contributed by atoms with E-state index in [9.17, 15) is 18.0 Å². The fraction of sp³-hybridized carbons (Fsp3) is 0.348. The van der Waals surface area contributed by atoms with Crippen LogP contribution in [-0.4, -0.2) is 26.4 Å². The zero-order valence-electron chi connectivity index (χ0n) is 18.3. The molecule has 33 heavy (non-hydrogen) atoms. The van der Waals surface area contributed by atoms with Crippen molar-refractivity contribution in [2.75, 3.05) is 11.1 Å². The molecule has 0 aliphatic carbocycles. The summed E-state index contributed by atoms with van der Waals surface area (Å²) in [4.78, 5) is 12.4. The van der Waals surface area contributed by atoms with Crippen molar-refractivity contribution in [2.24, 2.45) is 5.92 Å². The molecule has 0 saturated heterocycles. The van der Waals surface area contributed by atoms with Crippen LogP contribution in [0, 0.1) is 5.92 Å². The molecule has 1 aromatic heterocycles. The smallest absolute Gasteiger partial charge is 0.418 e. The molecule has 1 amide bonds. The van der Waals surface area contributed by atoms with Crippen molar-refractivity contribution in [3.63, 3.8) is 0 Å². The average molecular weight is 479 g/mol. The molecule has 0 bridgehead atoms. The highest BCUT2D eigenvalue weighted by molar-refractivity contribution is 7.99. The first kappa shape index (κ1) is 24.6. The second-order valence-corrected chi connectivity index (χ2v) is 8.66. The number of halogens is 3. The third kappa shape index (κ3) is 7.24. The van der Waals surface area contributed by atoms with Crippen molar-refractivity contribution >= 4 is 23.4 Å². The van der Waals surface area contributed by atoms with Crippen molar-refractivity contribution in [3.05, 3.63) is 66.0 Å². The number of nitrogens with one attached hydrogen (secondary N) is 1. The van der Waals surface area contributed by atoms with Crippen LogP contribution in [0.1, 0.15) is 31.7 Å². The van der Waals surface area contributed by atoms with Gasteiger partial charge in [0.2, 0.25) is 5.91 Å². The minimum Gasteiger partial charge on any atom is -0.486 e. The van der Waals surface area contributed by atoms with Gasteiger partial charge in [-0.2, -0.15) is 13.2 Å². The first-order valence-electron chi connectivity index (χ1n) is 10.4. The maximum Gasteiger partial charge on any atom is 0.418 e. The third-order valence-corrected chi connectivity index (χ3v) is 5.64. The lowest BCUT2D eigenvalue weighted by Crippen LogP contribution is -2.18. The first-order chi connectivity index (χ1) is 15.7. The van der Waals surface area contributed by atoms with Gasteiger partial charge in [-0.05, 0) is 36.6 Å². The van der Waals surface area contributed by atoms with Gasteiger partial charge in [-0.1, -0.05) is 55.9 Å². The Bertz CT molecular complexity index is 1060. The number of benzene rings is 2. The van der Waals surface area contributed by atoms with Crippen LogP contribution < -0.4 is 10.1 Å². The van der Waals surface area contributed by atoms with E-state index in [1.807, 2.05) is 34.9 Å². The Balaban J connectivity index is 1.67. The molecule has 10 heteroatoms. The maximum absolute atomic E-state index is 13.2. The van der Waals surface area contributed by atoms with Crippen LogP contribution in [-0.2, 0) is 24.1 Å². The van der Waals surface area contributed by atoms with E-state index >= 15 is 0 Å².